The summed E-state index contributed by atoms with van der Waals surface area (Å²) in [5.41, 5.74) is 5.88. The van der Waals surface area contributed by atoms with Crippen LogP contribution in [0.25, 0.3) is 0 Å². The molecule has 1 aliphatic heterocycles. The second-order valence-corrected chi connectivity index (χ2v) is 5.88. The molecule has 23 heavy (non-hydrogen) atoms. The topological polar surface area (TPSA) is 75.4 Å². The minimum absolute atomic E-state index is 0.00127. The second kappa shape index (κ2) is 8.62. The fourth-order valence-electron chi connectivity index (χ4n) is 2.78. The first-order chi connectivity index (χ1) is 11.1. The van der Waals surface area contributed by atoms with Gasteiger partial charge in [-0.15, -0.1) is 0 Å². The maximum Gasteiger partial charge on any atom is 0.253 e. The zero-order valence-electron chi connectivity index (χ0n) is 13.3. The number of amides is 2. The molecule has 1 saturated heterocycles. The van der Waals surface area contributed by atoms with Crippen LogP contribution >= 0.6 is 0 Å². The number of hydrogen-bond acceptors (Lipinski definition) is 3. The number of piperidine rings is 1. The molecule has 5 nitrogen and oxygen atoms in total. The molecule has 2 amide bonds. The molecule has 1 aromatic rings. The van der Waals surface area contributed by atoms with Crippen LogP contribution in [0.3, 0.4) is 0 Å². The van der Waals surface area contributed by atoms with Gasteiger partial charge in [0.05, 0.1) is 5.92 Å². The van der Waals surface area contributed by atoms with Crippen molar-refractivity contribution < 1.29 is 14.0 Å². The molecule has 1 aromatic carbocycles. The minimum Gasteiger partial charge on any atom is -0.356 e. The number of hydrogen-bond donors (Lipinski definition) is 2. The molecule has 2 rings (SSSR count). The predicted octanol–water partition coefficient (Wildman–Crippen LogP) is 1.53. The number of unbranched alkanes of at least 4 members (excludes halogenated alkanes) is 1. The van der Waals surface area contributed by atoms with Crippen LogP contribution in [0.1, 0.15) is 36.0 Å². The highest BCUT2D eigenvalue weighted by Crippen LogP contribution is 2.19. The van der Waals surface area contributed by atoms with E-state index in [0.29, 0.717) is 31.7 Å². The number of benzene rings is 1. The molecule has 0 radical (unpaired) electrons. The van der Waals surface area contributed by atoms with Gasteiger partial charge in [-0.1, -0.05) is 0 Å². The fraction of sp³-hybridized carbons (Fsp3) is 0.529. The molecule has 1 fully saturated rings. The van der Waals surface area contributed by atoms with Crippen LogP contribution < -0.4 is 11.1 Å². The Morgan fingerprint density at radius 3 is 2.70 bits per heavy atom. The Hall–Kier alpha value is -1.95. The smallest absolute Gasteiger partial charge is 0.253 e. The van der Waals surface area contributed by atoms with E-state index < -0.39 is 0 Å². The lowest BCUT2D eigenvalue weighted by Crippen LogP contribution is -2.45. The Morgan fingerprint density at radius 1 is 1.26 bits per heavy atom. The molecule has 1 aliphatic rings. The molecular formula is C17H24FN3O2. The molecule has 0 bridgehead atoms. The van der Waals surface area contributed by atoms with Crippen molar-refractivity contribution in [3.05, 3.63) is 35.6 Å². The van der Waals surface area contributed by atoms with Crippen molar-refractivity contribution in [3.63, 3.8) is 0 Å². The molecule has 3 N–H and O–H groups in total. The molecule has 0 saturated carbocycles. The summed E-state index contributed by atoms with van der Waals surface area (Å²) in [4.78, 5) is 26.3. The van der Waals surface area contributed by atoms with E-state index in [-0.39, 0.29) is 23.5 Å². The van der Waals surface area contributed by atoms with E-state index in [9.17, 15) is 14.0 Å². The van der Waals surface area contributed by atoms with Crippen LogP contribution in [0.4, 0.5) is 4.39 Å². The average molecular weight is 321 g/mol. The monoisotopic (exact) mass is 321 g/mol. The summed E-state index contributed by atoms with van der Waals surface area (Å²) >= 11 is 0. The van der Waals surface area contributed by atoms with Gasteiger partial charge in [0.25, 0.3) is 5.91 Å². The maximum absolute atomic E-state index is 12.9. The third kappa shape index (κ3) is 5.03. The summed E-state index contributed by atoms with van der Waals surface area (Å²) in [6.07, 6.45) is 3.34. The van der Waals surface area contributed by atoms with Crippen molar-refractivity contribution >= 4 is 11.8 Å². The third-order valence-electron chi connectivity index (χ3n) is 4.10. The molecule has 1 heterocycles. The predicted molar refractivity (Wildman–Crippen MR) is 86.3 cm³/mol. The second-order valence-electron chi connectivity index (χ2n) is 5.88. The largest absolute Gasteiger partial charge is 0.356 e. The molecule has 1 atom stereocenters. The van der Waals surface area contributed by atoms with E-state index in [0.717, 1.165) is 25.7 Å². The van der Waals surface area contributed by atoms with Crippen LogP contribution in [0.15, 0.2) is 24.3 Å². The SMILES string of the molecule is NCCCCNC(=O)C1CCCN(C(=O)c2ccc(F)cc2)C1. The van der Waals surface area contributed by atoms with Crippen molar-refractivity contribution in [1.82, 2.24) is 10.2 Å². The van der Waals surface area contributed by atoms with E-state index >= 15 is 0 Å². The van der Waals surface area contributed by atoms with Crippen LogP contribution in [-0.2, 0) is 4.79 Å². The fourth-order valence-corrected chi connectivity index (χ4v) is 2.78. The van der Waals surface area contributed by atoms with Crippen molar-refractivity contribution in [3.8, 4) is 0 Å². The first-order valence-corrected chi connectivity index (χ1v) is 8.14. The molecule has 0 spiro atoms. The van der Waals surface area contributed by atoms with Crippen molar-refractivity contribution in [1.29, 1.82) is 0 Å². The molecule has 0 aromatic heterocycles. The van der Waals surface area contributed by atoms with Gasteiger partial charge in [-0.05, 0) is 56.5 Å². The van der Waals surface area contributed by atoms with Gasteiger partial charge in [-0.3, -0.25) is 9.59 Å². The van der Waals surface area contributed by atoms with Crippen LogP contribution in [0.2, 0.25) is 0 Å². The standard InChI is InChI=1S/C17H24FN3O2/c18-15-7-5-13(6-8-15)17(23)21-11-3-4-14(12-21)16(22)20-10-2-1-9-19/h5-8,14H,1-4,9-12,19H2,(H,20,22). The van der Waals surface area contributed by atoms with Crippen molar-refractivity contribution in [2.75, 3.05) is 26.2 Å². The zero-order chi connectivity index (χ0) is 16.7. The van der Waals surface area contributed by atoms with Gasteiger partial charge < -0.3 is 16.0 Å². The van der Waals surface area contributed by atoms with Gasteiger partial charge in [0.2, 0.25) is 5.91 Å². The normalized spacial score (nSPS) is 17.8. The number of nitrogens with zero attached hydrogens (tertiary/aromatic N) is 1. The van der Waals surface area contributed by atoms with Gasteiger partial charge in [0.15, 0.2) is 0 Å². The first-order valence-electron chi connectivity index (χ1n) is 8.14. The number of halogens is 1. The number of likely N-dealkylation sites (tertiary alicyclic amines) is 1. The number of carbonyl (C=O) groups is 2. The van der Waals surface area contributed by atoms with Gasteiger partial charge in [-0.2, -0.15) is 0 Å². The van der Waals surface area contributed by atoms with Gasteiger partial charge in [0.1, 0.15) is 5.82 Å². The molecule has 0 aliphatic carbocycles. The van der Waals surface area contributed by atoms with Gasteiger partial charge in [-0.25, -0.2) is 4.39 Å². The quantitative estimate of drug-likeness (QED) is 0.780. The van der Waals surface area contributed by atoms with Crippen molar-refractivity contribution in [2.24, 2.45) is 11.7 Å². The lowest BCUT2D eigenvalue weighted by molar-refractivity contribution is -0.126. The molecule has 6 heteroatoms. The Morgan fingerprint density at radius 2 is 2.00 bits per heavy atom. The summed E-state index contributed by atoms with van der Waals surface area (Å²) in [7, 11) is 0. The lowest BCUT2D eigenvalue weighted by Gasteiger charge is -2.32. The summed E-state index contributed by atoms with van der Waals surface area (Å²) in [5.74, 6) is -0.690. The average Bonchev–Trinajstić information content (AvgIpc) is 2.59. The van der Waals surface area contributed by atoms with Crippen LogP contribution in [0.5, 0.6) is 0 Å². The number of nitrogens with two attached hydrogens (primary N) is 1. The number of carbonyl (C=O) groups excluding carboxylic acids is 2. The van der Waals surface area contributed by atoms with Crippen molar-refractivity contribution in [2.45, 2.75) is 25.7 Å². The van der Waals surface area contributed by atoms with Crippen LogP contribution in [-0.4, -0.2) is 42.9 Å². The lowest BCUT2D eigenvalue weighted by atomic mass is 9.96. The summed E-state index contributed by atoms with van der Waals surface area (Å²) in [5, 5.41) is 2.91. The summed E-state index contributed by atoms with van der Waals surface area (Å²) in [6, 6.07) is 5.51. The maximum atomic E-state index is 12.9. The summed E-state index contributed by atoms with van der Waals surface area (Å²) < 4.78 is 12.9. The summed E-state index contributed by atoms with van der Waals surface area (Å²) in [6.45, 7) is 2.30. The first kappa shape index (κ1) is 17.4. The molecule has 126 valence electrons. The molecular weight excluding hydrogens is 297 g/mol. The van der Waals surface area contributed by atoms with E-state index in [1.807, 2.05) is 0 Å². The number of rotatable bonds is 6. The minimum atomic E-state index is -0.366. The highest BCUT2D eigenvalue weighted by Gasteiger charge is 2.28. The van der Waals surface area contributed by atoms with E-state index in [2.05, 4.69) is 5.32 Å². The molecule has 1 unspecified atom stereocenters. The van der Waals surface area contributed by atoms with E-state index in [1.54, 1.807) is 4.90 Å². The Balaban J connectivity index is 1.88. The highest BCUT2D eigenvalue weighted by atomic mass is 19.1. The van der Waals surface area contributed by atoms with E-state index in [1.165, 1.54) is 24.3 Å². The van der Waals surface area contributed by atoms with Gasteiger partial charge >= 0.3 is 0 Å². The third-order valence-corrected chi connectivity index (χ3v) is 4.10. The number of nitrogens with one attached hydrogen (secondary N) is 1. The Kier molecular flexibility index (Phi) is 6.52. The van der Waals surface area contributed by atoms with Gasteiger partial charge in [0, 0.05) is 25.2 Å². The van der Waals surface area contributed by atoms with Crippen LogP contribution in [0, 0.1) is 11.7 Å². The zero-order valence-corrected chi connectivity index (χ0v) is 13.3. The van der Waals surface area contributed by atoms with E-state index in [4.69, 9.17) is 5.73 Å². The Bertz CT molecular complexity index is 533. The highest BCUT2D eigenvalue weighted by molar-refractivity contribution is 5.94. The Labute approximate surface area is 136 Å².